The Kier molecular flexibility index (Phi) is 3.76. The molecular weight excluding hydrogens is 298 g/mol. The zero-order valence-corrected chi connectivity index (χ0v) is 11.6. The Labute approximate surface area is 113 Å². The SMILES string of the molecule is Cc1noc(CC(=O)Nc2ccc(C)c(Br)c2)n1. The third-order valence-corrected chi connectivity index (χ3v) is 3.19. The number of carbonyl (C=O) groups excluding carboxylic acids is 1. The van der Waals surface area contributed by atoms with Crippen LogP contribution in [0.2, 0.25) is 0 Å². The molecule has 0 saturated heterocycles. The summed E-state index contributed by atoms with van der Waals surface area (Å²) in [4.78, 5) is 15.7. The zero-order chi connectivity index (χ0) is 13.1. The number of halogens is 1. The van der Waals surface area contributed by atoms with Gasteiger partial charge in [-0.15, -0.1) is 0 Å². The van der Waals surface area contributed by atoms with Crippen molar-refractivity contribution in [2.75, 3.05) is 5.32 Å². The van der Waals surface area contributed by atoms with Crippen LogP contribution in [0.15, 0.2) is 27.2 Å². The van der Waals surface area contributed by atoms with E-state index < -0.39 is 0 Å². The first kappa shape index (κ1) is 12.8. The van der Waals surface area contributed by atoms with Crippen LogP contribution >= 0.6 is 15.9 Å². The van der Waals surface area contributed by atoms with E-state index in [4.69, 9.17) is 4.52 Å². The fourth-order valence-corrected chi connectivity index (χ4v) is 1.80. The van der Waals surface area contributed by atoms with Crippen LogP contribution in [0.25, 0.3) is 0 Å². The maximum absolute atomic E-state index is 11.7. The molecule has 1 N–H and O–H groups in total. The molecule has 1 amide bonds. The van der Waals surface area contributed by atoms with E-state index in [2.05, 4.69) is 31.4 Å². The van der Waals surface area contributed by atoms with Crippen LogP contribution in [0, 0.1) is 13.8 Å². The minimum absolute atomic E-state index is 0.0757. The Bertz CT molecular complexity index is 580. The van der Waals surface area contributed by atoms with E-state index in [-0.39, 0.29) is 12.3 Å². The number of nitrogens with one attached hydrogen (secondary N) is 1. The van der Waals surface area contributed by atoms with E-state index >= 15 is 0 Å². The molecule has 0 aliphatic rings. The van der Waals surface area contributed by atoms with Crippen molar-refractivity contribution in [3.8, 4) is 0 Å². The third kappa shape index (κ3) is 3.16. The fraction of sp³-hybridized carbons (Fsp3) is 0.250. The molecule has 0 unspecified atom stereocenters. The number of nitrogens with zero attached hydrogens (tertiary/aromatic N) is 2. The fourth-order valence-electron chi connectivity index (χ4n) is 1.42. The van der Waals surface area contributed by atoms with Crippen LogP contribution in [0.5, 0.6) is 0 Å². The molecule has 0 fully saturated rings. The normalized spacial score (nSPS) is 10.4. The molecule has 0 radical (unpaired) electrons. The van der Waals surface area contributed by atoms with Crippen molar-refractivity contribution in [3.63, 3.8) is 0 Å². The molecule has 94 valence electrons. The van der Waals surface area contributed by atoms with Crippen molar-refractivity contribution < 1.29 is 9.32 Å². The molecular formula is C12H12BrN3O2. The van der Waals surface area contributed by atoms with Crippen molar-refractivity contribution in [2.45, 2.75) is 20.3 Å². The molecule has 1 heterocycles. The maximum Gasteiger partial charge on any atom is 0.236 e. The van der Waals surface area contributed by atoms with Gasteiger partial charge in [0.25, 0.3) is 0 Å². The van der Waals surface area contributed by atoms with Gasteiger partial charge in [-0.2, -0.15) is 4.98 Å². The highest BCUT2D eigenvalue weighted by atomic mass is 79.9. The highest BCUT2D eigenvalue weighted by Crippen LogP contribution is 2.20. The number of rotatable bonds is 3. The van der Waals surface area contributed by atoms with Gasteiger partial charge >= 0.3 is 0 Å². The van der Waals surface area contributed by atoms with Gasteiger partial charge in [-0.05, 0) is 31.5 Å². The van der Waals surface area contributed by atoms with Gasteiger partial charge in [-0.1, -0.05) is 27.2 Å². The largest absolute Gasteiger partial charge is 0.339 e. The highest BCUT2D eigenvalue weighted by Gasteiger charge is 2.10. The summed E-state index contributed by atoms with van der Waals surface area (Å²) in [5.41, 5.74) is 1.84. The standard InChI is InChI=1S/C12H12BrN3O2/c1-7-3-4-9(5-10(7)13)15-11(17)6-12-14-8(2)16-18-12/h3-5H,6H2,1-2H3,(H,15,17). The molecule has 2 rings (SSSR count). The monoisotopic (exact) mass is 309 g/mol. The summed E-state index contributed by atoms with van der Waals surface area (Å²) in [7, 11) is 0. The average Bonchev–Trinajstić information content (AvgIpc) is 2.69. The number of aryl methyl sites for hydroxylation is 2. The van der Waals surface area contributed by atoms with Crippen molar-refractivity contribution in [3.05, 3.63) is 40.0 Å². The van der Waals surface area contributed by atoms with E-state index in [1.165, 1.54) is 0 Å². The van der Waals surface area contributed by atoms with Crippen molar-refractivity contribution in [1.82, 2.24) is 10.1 Å². The molecule has 1 aromatic carbocycles. The topological polar surface area (TPSA) is 68.0 Å². The maximum atomic E-state index is 11.7. The summed E-state index contributed by atoms with van der Waals surface area (Å²) in [5.74, 6) is 0.654. The first-order chi connectivity index (χ1) is 8.54. The molecule has 0 aliphatic carbocycles. The molecule has 6 heteroatoms. The van der Waals surface area contributed by atoms with E-state index in [1.807, 2.05) is 25.1 Å². The second-order valence-electron chi connectivity index (χ2n) is 3.92. The minimum atomic E-state index is -0.186. The van der Waals surface area contributed by atoms with Crippen molar-refractivity contribution >= 4 is 27.5 Å². The summed E-state index contributed by atoms with van der Waals surface area (Å²) in [5, 5.41) is 6.40. The number of hydrogen-bond acceptors (Lipinski definition) is 4. The molecule has 0 atom stereocenters. The Morgan fingerprint density at radius 1 is 1.44 bits per heavy atom. The number of carbonyl (C=O) groups is 1. The van der Waals surface area contributed by atoms with Gasteiger partial charge in [0.2, 0.25) is 11.8 Å². The second-order valence-corrected chi connectivity index (χ2v) is 4.78. The lowest BCUT2D eigenvalue weighted by Gasteiger charge is -2.05. The molecule has 1 aromatic heterocycles. The predicted octanol–water partition coefficient (Wildman–Crippen LogP) is 2.63. The van der Waals surface area contributed by atoms with Gasteiger partial charge in [0, 0.05) is 10.2 Å². The number of aromatic nitrogens is 2. The molecule has 0 spiro atoms. The molecule has 18 heavy (non-hydrogen) atoms. The minimum Gasteiger partial charge on any atom is -0.339 e. The van der Waals surface area contributed by atoms with E-state index in [0.717, 1.165) is 15.7 Å². The Morgan fingerprint density at radius 3 is 2.83 bits per heavy atom. The van der Waals surface area contributed by atoms with Crippen LogP contribution in [-0.2, 0) is 11.2 Å². The first-order valence-electron chi connectivity index (χ1n) is 5.40. The van der Waals surface area contributed by atoms with Crippen LogP contribution in [0.1, 0.15) is 17.3 Å². The number of anilines is 1. The van der Waals surface area contributed by atoms with Crippen molar-refractivity contribution in [1.29, 1.82) is 0 Å². The van der Waals surface area contributed by atoms with Gasteiger partial charge in [-0.3, -0.25) is 4.79 Å². The Hall–Kier alpha value is -1.69. The van der Waals surface area contributed by atoms with E-state index in [0.29, 0.717) is 11.7 Å². The summed E-state index contributed by atoms with van der Waals surface area (Å²) in [6.07, 6.45) is 0.0757. The molecule has 2 aromatic rings. The van der Waals surface area contributed by atoms with Gasteiger partial charge in [0.05, 0.1) is 0 Å². The molecule has 0 bridgehead atoms. The highest BCUT2D eigenvalue weighted by molar-refractivity contribution is 9.10. The Balaban J connectivity index is 2.00. The molecule has 5 nitrogen and oxygen atoms in total. The number of benzene rings is 1. The summed E-state index contributed by atoms with van der Waals surface area (Å²) < 4.78 is 5.84. The Morgan fingerprint density at radius 2 is 2.22 bits per heavy atom. The van der Waals surface area contributed by atoms with Gasteiger partial charge in [0.1, 0.15) is 6.42 Å². The quantitative estimate of drug-likeness (QED) is 0.946. The first-order valence-corrected chi connectivity index (χ1v) is 6.19. The number of hydrogen-bond donors (Lipinski definition) is 1. The van der Waals surface area contributed by atoms with Crippen LogP contribution in [0.4, 0.5) is 5.69 Å². The lowest BCUT2D eigenvalue weighted by molar-refractivity contribution is -0.115. The zero-order valence-electron chi connectivity index (χ0n) is 10.0. The third-order valence-electron chi connectivity index (χ3n) is 2.34. The van der Waals surface area contributed by atoms with E-state index in [9.17, 15) is 4.79 Å². The van der Waals surface area contributed by atoms with Crippen molar-refractivity contribution in [2.24, 2.45) is 0 Å². The summed E-state index contributed by atoms with van der Waals surface area (Å²) in [6, 6.07) is 5.62. The molecule has 0 saturated carbocycles. The van der Waals surface area contributed by atoms with E-state index in [1.54, 1.807) is 6.92 Å². The van der Waals surface area contributed by atoms with Gasteiger partial charge in [0.15, 0.2) is 5.82 Å². The van der Waals surface area contributed by atoms with Crippen LogP contribution in [0.3, 0.4) is 0 Å². The molecule has 0 aliphatic heterocycles. The smallest absolute Gasteiger partial charge is 0.236 e. The predicted molar refractivity (Wildman–Crippen MR) is 70.2 cm³/mol. The lowest BCUT2D eigenvalue weighted by Crippen LogP contribution is -2.14. The second kappa shape index (κ2) is 5.30. The summed E-state index contributed by atoms with van der Waals surface area (Å²) in [6.45, 7) is 3.69. The van der Waals surface area contributed by atoms with Crippen LogP contribution < -0.4 is 5.32 Å². The average molecular weight is 310 g/mol. The lowest BCUT2D eigenvalue weighted by atomic mass is 10.2. The number of amides is 1. The van der Waals surface area contributed by atoms with Crippen LogP contribution in [-0.4, -0.2) is 16.0 Å². The van der Waals surface area contributed by atoms with Gasteiger partial charge < -0.3 is 9.84 Å². The van der Waals surface area contributed by atoms with Gasteiger partial charge in [-0.25, -0.2) is 0 Å². The summed E-state index contributed by atoms with van der Waals surface area (Å²) >= 11 is 3.41.